The van der Waals surface area contributed by atoms with Crippen LogP contribution in [0.1, 0.15) is 32.4 Å². The second-order valence-electron chi connectivity index (χ2n) is 5.63. The molecule has 1 aromatic rings. The van der Waals surface area contributed by atoms with E-state index in [4.69, 9.17) is 0 Å². The van der Waals surface area contributed by atoms with Gasteiger partial charge in [0.15, 0.2) is 0 Å². The van der Waals surface area contributed by atoms with Crippen LogP contribution >= 0.6 is 0 Å². The molecule has 2 heteroatoms. The maximum absolute atomic E-state index is 10.4. The fraction of sp³-hybridized carbons (Fsp3) is 0.571. The highest BCUT2D eigenvalue weighted by atomic mass is 16.3. The standard InChI is InChI=1S/C14H23NO/c1-14(2,3)13(15(4)5)12(16)11-9-7-6-8-10-11/h6-10,12-13,16H,1-5H3/t12-,13+/m1/s1. The van der Waals surface area contributed by atoms with Gasteiger partial charge in [-0.1, -0.05) is 51.1 Å². The predicted octanol–water partition coefficient (Wildman–Crippen LogP) is 2.70. The van der Waals surface area contributed by atoms with E-state index in [0.717, 1.165) is 5.56 Å². The largest absolute Gasteiger partial charge is 0.387 e. The Balaban J connectivity index is 2.97. The van der Waals surface area contributed by atoms with Crippen LogP contribution in [0.5, 0.6) is 0 Å². The van der Waals surface area contributed by atoms with Gasteiger partial charge in [-0.05, 0) is 25.1 Å². The summed E-state index contributed by atoms with van der Waals surface area (Å²) in [4.78, 5) is 2.09. The highest BCUT2D eigenvalue weighted by Gasteiger charge is 2.33. The fourth-order valence-corrected chi connectivity index (χ4v) is 2.36. The highest BCUT2D eigenvalue weighted by molar-refractivity contribution is 5.19. The molecule has 0 saturated carbocycles. The van der Waals surface area contributed by atoms with Crippen molar-refractivity contribution in [3.8, 4) is 0 Å². The Morgan fingerprint density at radius 3 is 1.94 bits per heavy atom. The molecule has 90 valence electrons. The number of benzene rings is 1. The summed E-state index contributed by atoms with van der Waals surface area (Å²) in [5, 5.41) is 10.4. The molecule has 0 aliphatic carbocycles. The first-order valence-electron chi connectivity index (χ1n) is 5.73. The Morgan fingerprint density at radius 2 is 1.56 bits per heavy atom. The van der Waals surface area contributed by atoms with Crippen LogP contribution < -0.4 is 0 Å². The molecular formula is C14H23NO. The molecule has 0 unspecified atom stereocenters. The van der Waals surface area contributed by atoms with E-state index in [1.165, 1.54) is 0 Å². The van der Waals surface area contributed by atoms with Gasteiger partial charge in [0.2, 0.25) is 0 Å². The number of aliphatic hydroxyl groups is 1. The maximum Gasteiger partial charge on any atom is 0.0950 e. The molecule has 1 aromatic carbocycles. The lowest BCUT2D eigenvalue weighted by Crippen LogP contribution is -2.44. The van der Waals surface area contributed by atoms with Crippen LogP contribution in [0.2, 0.25) is 0 Å². The Kier molecular flexibility index (Phi) is 4.11. The minimum Gasteiger partial charge on any atom is -0.387 e. The van der Waals surface area contributed by atoms with Crippen LogP contribution in [0.4, 0.5) is 0 Å². The van der Waals surface area contributed by atoms with Gasteiger partial charge in [-0.25, -0.2) is 0 Å². The summed E-state index contributed by atoms with van der Waals surface area (Å²) in [5.41, 5.74) is 1.02. The average molecular weight is 221 g/mol. The molecule has 0 amide bonds. The third-order valence-electron chi connectivity index (χ3n) is 2.88. The lowest BCUT2D eigenvalue weighted by Gasteiger charge is -2.39. The Bertz CT molecular complexity index is 313. The monoisotopic (exact) mass is 221 g/mol. The summed E-state index contributed by atoms with van der Waals surface area (Å²) in [6, 6.07) is 9.97. The van der Waals surface area contributed by atoms with Crippen LogP contribution in [0.15, 0.2) is 30.3 Å². The van der Waals surface area contributed by atoms with Crippen molar-refractivity contribution in [1.82, 2.24) is 4.90 Å². The summed E-state index contributed by atoms with van der Waals surface area (Å²) in [6.45, 7) is 6.47. The van der Waals surface area contributed by atoms with Gasteiger partial charge in [0, 0.05) is 6.04 Å². The van der Waals surface area contributed by atoms with Gasteiger partial charge in [0.25, 0.3) is 0 Å². The van der Waals surface area contributed by atoms with Crippen molar-refractivity contribution in [3.63, 3.8) is 0 Å². The van der Waals surface area contributed by atoms with Crippen LogP contribution in [-0.4, -0.2) is 30.1 Å². The maximum atomic E-state index is 10.4. The number of rotatable bonds is 3. The number of aliphatic hydroxyl groups excluding tert-OH is 1. The van der Waals surface area contributed by atoms with E-state index in [2.05, 4.69) is 25.7 Å². The van der Waals surface area contributed by atoms with E-state index in [-0.39, 0.29) is 11.5 Å². The molecule has 0 fully saturated rings. The lowest BCUT2D eigenvalue weighted by molar-refractivity contribution is 0.0130. The van der Waals surface area contributed by atoms with E-state index in [1.807, 2.05) is 44.4 Å². The molecule has 0 aromatic heterocycles. The Labute approximate surface area is 98.9 Å². The first-order valence-corrected chi connectivity index (χ1v) is 5.73. The molecule has 1 rings (SSSR count). The van der Waals surface area contributed by atoms with Crippen LogP contribution in [0.3, 0.4) is 0 Å². The molecule has 0 aliphatic heterocycles. The number of hydrogen-bond acceptors (Lipinski definition) is 2. The van der Waals surface area contributed by atoms with E-state index < -0.39 is 6.10 Å². The molecule has 1 N–H and O–H groups in total. The first kappa shape index (κ1) is 13.2. The van der Waals surface area contributed by atoms with E-state index in [1.54, 1.807) is 0 Å². The lowest BCUT2D eigenvalue weighted by atomic mass is 9.80. The normalized spacial score (nSPS) is 16.2. The summed E-state index contributed by atoms with van der Waals surface area (Å²) >= 11 is 0. The molecule has 2 atom stereocenters. The molecule has 0 radical (unpaired) electrons. The second-order valence-corrected chi connectivity index (χ2v) is 5.63. The first-order chi connectivity index (χ1) is 7.34. The zero-order chi connectivity index (χ0) is 12.3. The Morgan fingerprint density at radius 1 is 1.06 bits per heavy atom. The zero-order valence-corrected chi connectivity index (χ0v) is 10.9. The number of hydrogen-bond donors (Lipinski definition) is 1. The zero-order valence-electron chi connectivity index (χ0n) is 10.9. The van der Waals surface area contributed by atoms with Gasteiger partial charge in [-0.2, -0.15) is 0 Å². The second kappa shape index (κ2) is 4.98. The molecule has 0 aliphatic rings. The van der Waals surface area contributed by atoms with Gasteiger partial charge >= 0.3 is 0 Å². The van der Waals surface area contributed by atoms with Crippen molar-refractivity contribution < 1.29 is 5.11 Å². The van der Waals surface area contributed by atoms with Crippen LogP contribution in [0.25, 0.3) is 0 Å². The van der Waals surface area contributed by atoms with E-state index in [0.29, 0.717) is 0 Å². The molecular weight excluding hydrogens is 198 g/mol. The summed E-state index contributed by atoms with van der Waals surface area (Å²) < 4.78 is 0. The molecule has 2 nitrogen and oxygen atoms in total. The van der Waals surface area contributed by atoms with Crippen molar-refractivity contribution in [2.24, 2.45) is 5.41 Å². The molecule has 0 spiro atoms. The van der Waals surface area contributed by atoms with E-state index in [9.17, 15) is 5.11 Å². The minimum atomic E-state index is -0.448. The topological polar surface area (TPSA) is 23.5 Å². The third kappa shape index (κ3) is 3.06. The average Bonchev–Trinajstić information content (AvgIpc) is 2.16. The quantitative estimate of drug-likeness (QED) is 0.848. The Hall–Kier alpha value is -0.860. The minimum absolute atomic E-state index is 0.0404. The van der Waals surface area contributed by atoms with Crippen molar-refractivity contribution in [2.45, 2.75) is 32.9 Å². The summed E-state index contributed by atoms with van der Waals surface area (Å²) in [5.74, 6) is 0. The van der Waals surface area contributed by atoms with Gasteiger partial charge in [0.05, 0.1) is 6.10 Å². The number of likely N-dealkylation sites (N-methyl/N-ethyl adjacent to an activating group) is 1. The van der Waals surface area contributed by atoms with Crippen LogP contribution in [0, 0.1) is 5.41 Å². The molecule has 0 saturated heterocycles. The molecule has 0 bridgehead atoms. The summed E-state index contributed by atoms with van der Waals surface area (Å²) in [6.07, 6.45) is -0.448. The van der Waals surface area contributed by atoms with Crippen molar-refractivity contribution in [2.75, 3.05) is 14.1 Å². The van der Waals surface area contributed by atoms with Gasteiger partial charge < -0.3 is 10.0 Å². The van der Waals surface area contributed by atoms with Crippen molar-refractivity contribution in [1.29, 1.82) is 0 Å². The van der Waals surface area contributed by atoms with Gasteiger partial charge in [0.1, 0.15) is 0 Å². The third-order valence-corrected chi connectivity index (χ3v) is 2.88. The van der Waals surface area contributed by atoms with E-state index >= 15 is 0 Å². The van der Waals surface area contributed by atoms with Gasteiger partial charge in [-0.15, -0.1) is 0 Å². The summed E-state index contributed by atoms with van der Waals surface area (Å²) in [7, 11) is 4.03. The highest BCUT2D eigenvalue weighted by Crippen LogP contribution is 2.32. The fourth-order valence-electron chi connectivity index (χ4n) is 2.36. The smallest absolute Gasteiger partial charge is 0.0950 e. The molecule has 0 heterocycles. The van der Waals surface area contributed by atoms with Crippen molar-refractivity contribution >= 4 is 0 Å². The number of nitrogens with zero attached hydrogens (tertiary/aromatic N) is 1. The SMILES string of the molecule is CN(C)[C@@H]([C@H](O)c1ccccc1)C(C)(C)C. The van der Waals surface area contributed by atoms with Gasteiger partial charge in [-0.3, -0.25) is 0 Å². The molecule has 16 heavy (non-hydrogen) atoms. The predicted molar refractivity (Wildman–Crippen MR) is 68.3 cm³/mol. The van der Waals surface area contributed by atoms with Crippen LogP contribution in [-0.2, 0) is 0 Å². The van der Waals surface area contributed by atoms with Crippen molar-refractivity contribution in [3.05, 3.63) is 35.9 Å².